The number of hydrogen-bond acceptors (Lipinski definition) is 4. The van der Waals surface area contributed by atoms with Gasteiger partial charge in [-0.3, -0.25) is 14.9 Å². The molecule has 6 nitrogen and oxygen atoms in total. The van der Waals surface area contributed by atoms with Crippen molar-refractivity contribution in [2.75, 3.05) is 12.4 Å². The second-order valence-electron chi connectivity index (χ2n) is 4.96. The average molecular weight is 378 g/mol. The van der Waals surface area contributed by atoms with Gasteiger partial charge in [0.2, 0.25) is 0 Å². The first-order valence-electron chi connectivity index (χ1n) is 6.95. The van der Waals surface area contributed by atoms with E-state index in [1.807, 2.05) is 31.2 Å². The van der Waals surface area contributed by atoms with Crippen LogP contribution in [-0.2, 0) is 0 Å². The summed E-state index contributed by atoms with van der Waals surface area (Å²) in [6.07, 6.45) is 0. The number of nitrogens with one attached hydrogen (secondary N) is 2. The van der Waals surface area contributed by atoms with Crippen molar-refractivity contribution in [1.29, 1.82) is 0 Å². The van der Waals surface area contributed by atoms with E-state index in [1.165, 1.54) is 12.1 Å². The summed E-state index contributed by atoms with van der Waals surface area (Å²) in [5.41, 5.74) is 1.41. The maximum absolute atomic E-state index is 12.3. The third-order valence-electron chi connectivity index (χ3n) is 3.45. The van der Waals surface area contributed by atoms with Crippen LogP contribution in [0.3, 0.4) is 0 Å². The van der Waals surface area contributed by atoms with Crippen LogP contribution in [0.15, 0.2) is 46.9 Å². The standard InChI is InChI=1S/C16H16BrN3O3/c1-10(12-5-3-4-6-13(12)17)19-16(21)11-7-8-14(18-2)15(9-11)20(22)23/h3-10,18H,1-2H3,(H,19,21)/t10-/m0/s1. The second kappa shape index (κ2) is 7.23. The van der Waals surface area contributed by atoms with E-state index in [-0.39, 0.29) is 23.2 Å². The maximum Gasteiger partial charge on any atom is 0.293 e. The van der Waals surface area contributed by atoms with E-state index in [0.717, 1.165) is 10.0 Å². The molecular formula is C16H16BrN3O3. The number of carbonyl (C=O) groups is 1. The first kappa shape index (κ1) is 17.0. The molecule has 0 aliphatic heterocycles. The first-order valence-corrected chi connectivity index (χ1v) is 7.74. The minimum absolute atomic E-state index is 0.131. The highest BCUT2D eigenvalue weighted by molar-refractivity contribution is 9.10. The van der Waals surface area contributed by atoms with E-state index in [4.69, 9.17) is 0 Å². The van der Waals surface area contributed by atoms with Crippen LogP contribution in [0.4, 0.5) is 11.4 Å². The summed E-state index contributed by atoms with van der Waals surface area (Å²) < 4.78 is 0.893. The van der Waals surface area contributed by atoms with E-state index >= 15 is 0 Å². The largest absolute Gasteiger partial charge is 0.383 e. The number of halogens is 1. The van der Waals surface area contributed by atoms with Crippen molar-refractivity contribution in [3.63, 3.8) is 0 Å². The molecule has 0 aromatic heterocycles. The molecule has 0 unspecified atom stereocenters. The van der Waals surface area contributed by atoms with Gasteiger partial charge in [0, 0.05) is 23.2 Å². The summed E-state index contributed by atoms with van der Waals surface area (Å²) in [4.78, 5) is 22.9. The summed E-state index contributed by atoms with van der Waals surface area (Å²) in [5, 5.41) is 16.7. The molecule has 0 heterocycles. The highest BCUT2D eigenvalue weighted by atomic mass is 79.9. The quantitative estimate of drug-likeness (QED) is 0.611. The summed E-state index contributed by atoms with van der Waals surface area (Å²) in [6.45, 7) is 1.86. The van der Waals surface area contributed by atoms with Crippen molar-refractivity contribution in [1.82, 2.24) is 5.32 Å². The molecule has 7 heteroatoms. The Morgan fingerprint density at radius 2 is 1.96 bits per heavy atom. The topological polar surface area (TPSA) is 84.3 Å². The van der Waals surface area contributed by atoms with Crippen LogP contribution in [0.1, 0.15) is 28.9 Å². The molecule has 2 aromatic rings. The van der Waals surface area contributed by atoms with Gasteiger partial charge in [-0.05, 0) is 30.7 Å². The number of rotatable bonds is 5. The molecule has 2 N–H and O–H groups in total. The van der Waals surface area contributed by atoms with Crippen molar-refractivity contribution in [3.8, 4) is 0 Å². The fourth-order valence-corrected chi connectivity index (χ4v) is 2.85. The van der Waals surface area contributed by atoms with E-state index in [0.29, 0.717) is 5.69 Å². The van der Waals surface area contributed by atoms with Gasteiger partial charge in [-0.1, -0.05) is 34.1 Å². The Labute approximate surface area is 142 Å². The predicted molar refractivity (Wildman–Crippen MR) is 92.7 cm³/mol. The molecule has 2 aromatic carbocycles. The zero-order valence-electron chi connectivity index (χ0n) is 12.7. The second-order valence-corrected chi connectivity index (χ2v) is 5.81. The summed E-state index contributed by atoms with van der Waals surface area (Å²) >= 11 is 3.44. The van der Waals surface area contributed by atoms with Gasteiger partial charge < -0.3 is 10.6 Å². The molecule has 0 fully saturated rings. The summed E-state index contributed by atoms with van der Waals surface area (Å²) in [7, 11) is 1.59. The molecule has 120 valence electrons. The monoisotopic (exact) mass is 377 g/mol. The Hall–Kier alpha value is -2.41. The average Bonchev–Trinajstić information content (AvgIpc) is 2.54. The molecular weight excluding hydrogens is 362 g/mol. The Balaban J connectivity index is 2.22. The molecule has 0 saturated carbocycles. The fourth-order valence-electron chi connectivity index (χ4n) is 2.22. The highest BCUT2D eigenvalue weighted by Crippen LogP contribution is 2.26. The van der Waals surface area contributed by atoms with Crippen molar-refractivity contribution in [2.45, 2.75) is 13.0 Å². The zero-order valence-corrected chi connectivity index (χ0v) is 14.3. The molecule has 0 bridgehead atoms. The van der Waals surface area contributed by atoms with Crippen LogP contribution in [0.25, 0.3) is 0 Å². The van der Waals surface area contributed by atoms with Crippen LogP contribution < -0.4 is 10.6 Å². The smallest absolute Gasteiger partial charge is 0.293 e. The van der Waals surface area contributed by atoms with Crippen molar-refractivity contribution < 1.29 is 9.72 Å². The van der Waals surface area contributed by atoms with Crippen molar-refractivity contribution in [3.05, 3.63) is 68.2 Å². The molecule has 1 amide bonds. The molecule has 0 spiro atoms. The van der Waals surface area contributed by atoms with Gasteiger partial charge in [-0.2, -0.15) is 0 Å². The number of anilines is 1. The Morgan fingerprint density at radius 3 is 2.57 bits per heavy atom. The molecule has 2 rings (SSSR count). The van der Waals surface area contributed by atoms with Crippen LogP contribution in [-0.4, -0.2) is 17.9 Å². The number of hydrogen-bond donors (Lipinski definition) is 2. The first-order chi connectivity index (χ1) is 10.9. The van der Waals surface area contributed by atoms with Gasteiger partial charge in [0.25, 0.3) is 11.6 Å². The van der Waals surface area contributed by atoms with Gasteiger partial charge in [0.15, 0.2) is 0 Å². The fraction of sp³-hybridized carbons (Fsp3) is 0.188. The normalized spacial score (nSPS) is 11.6. The maximum atomic E-state index is 12.3. The lowest BCUT2D eigenvalue weighted by molar-refractivity contribution is -0.384. The summed E-state index contributed by atoms with van der Waals surface area (Å²) in [6, 6.07) is 11.7. The number of nitro groups is 1. The minimum atomic E-state index is -0.514. The minimum Gasteiger partial charge on any atom is -0.383 e. The number of benzene rings is 2. The molecule has 0 saturated heterocycles. The lowest BCUT2D eigenvalue weighted by Crippen LogP contribution is -2.27. The van der Waals surface area contributed by atoms with E-state index in [9.17, 15) is 14.9 Å². The predicted octanol–water partition coefficient (Wildman–Crippen LogP) is 3.89. The molecule has 0 aliphatic rings. The van der Waals surface area contributed by atoms with Crippen LogP contribution in [0.5, 0.6) is 0 Å². The molecule has 23 heavy (non-hydrogen) atoms. The lowest BCUT2D eigenvalue weighted by atomic mass is 10.1. The van der Waals surface area contributed by atoms with Crippen molar-refractivity contribution in [2.24, 2.45) is 0 Å². The number of nitrogens with zero attached hydrogens (tertiary/aromatic N) is 1. The van der Waals surface area contributed by atoms with Crippen LogP contribution in [0.2, 0.25) is 0 Å². The Morgan fingerprint density at radius 1 is 1.26 bits per heavy atom. The van der Waals surface area contributed by atoms with Gasteiger partial charge in [0.1, 0.15) is 5.69 Å². The molecule has 1 atom stereocenters. The van der Waals surface area contributed by atoms with E-state index in [2.05, 4.69) is 26.6 Å². The third kappa shape index (κ3) is 3.87. The number of nitro benzene ring substituents is 1. The molecule has 0 aliphatic carbocycles. The molecule has 0 radical (unpaired) electrons. The van der Waals surface area contributed by atoms with Gasteiger partial charge in [-0.15, -0.1) is 0 Å². The summed E-state index contributed by atoms with van der Waals surface area (Å²) in [5.74, 6) is -0.362. The van der Waals surface area contributed by atoms with Gasteiger partial charge in [-0.25, -0.2) is 0 Å². The third-order valence-corrected chi connectivity index (χ3v) is 4.17. The Bertz CT molecular complexity index is 749. The lowest BCUT2D eigenvalue weighted by Gasteiger charge is -2.16. The zero-order chi connectivity index (χ0) is 17.0. The number of amides is 1. The van der Waals surface area contributed by atoms with Crippen LogP contribution in [0, 0.1) is 10.1 Å². The van der Waals surface area contributed by atoms with E-state index in [1.54, 1.807) is 13.1 Å². The van der Waals surface area contributed by atoms with Gasteiger partial charge >= 0.3 is 0 Å². The van der Waals surface area contributed by atoms with Crippen LogP contribution >= 0.6 is 15.9 Å². The SMILES string of the molecule is CNc1ccc(C(=O)N[C@@H](C)c2ccccc2Br)cc1[N+](=O)[O-]. The van der Waals surface area contributed by atoms with Gasteiger partial charge in [0.05, 0.1) is 11.0 Å². The van der Waals surface area contributed by atoms with Crippen molar-refractivity contribution >= 4 is 33.2 Å². The highest BCUT2D eigenvalue weighted by Gasteiger charge is 2.18. The van der Waals surface area contributed by atoms with E-state index < -0.39 is 4.92 Å². The Kier molecular flexibility index (Phi) is 5.33. The number of carbonyl (C=O) groups excluding carboxylic acids is 1.